The minimum absolute atomic E-state index is 0. The van der Waals surface area contributed by atoms with Gasteiger partial charge in [-0.05, 0) is 42.4 Å². The molecule has 0 bridgehead atoms. The average Bonchev–Trinajstić information content (AvgIpc) is 2.98. The highest BCUT2D eigenvalue weighted by atomic mass is 35.5. The zero-order chi connectivity index (χ0) is 18.2. The van der Waals surface area contributed by atoms with E-state index >= 15 is 0 Å². The van der Waals surface area contributed by atoms with E-state index in [1.807, 2.05) is 35.4 Å². The van der Waals surface area contributed by atoms with Gasteiger partial charge >= 0.3 is 0 Å². The lowest BCUT2D eigenvalue weighted by molar-refractivity contribution is -0.139. The Hall–Kier alpha value is -1.24. The first-order valence-corrected chi connectivity index (χ1v) is 10.0. The maximum Gasteiger partial charge on any atom is 0.228 e. The number of carbonyl (C=O) groups is 2. The van der Waals surface area contributed by atoms with Gasteiger partial charge in [0.25, 0.3) is 0 Å². The van der Waals surface area contributed by atoms with E-state index < -0.39 is 0 Å². The number of hydrogen-bond donors (Lipinski definition) is 1. The normalized spacial score (nSPS) is 25.2. The van der Waals surface area contributed by atoms with Crippen molar-refractivity contribution in [3.63, 3.8) is 0 Å². The molecule has 144 valence electrons. The molecular weight excluding hydrogens is 370 g/mol. The zero-order valence-electron chi connectivity index (χ0n) is 15.6. The van der Waals surface area contributed by atoms with E-state index in [9.17, 15) is 9.59 Å². The molecule has 2 amide bonds. The highest BCUT2D eigenvalue weighted by Gasteiger charge is 2.41. The summed E-state index contributed by atoms with van der Waals surface area (Å²) in [7, 11) is 0. The van der Waals surface area contributed by atoms with E-state index in [0.29, 0.717) is 26.1 Å². The van der Waals surface area contributed by atoms with Crippen LogP contribution in [0.5, 0.6) is 0 Å². The van der Waals surface area contributed by atoms with Gasteiger partial charge < -0.3 is 15.5 Å². The van der Waals surface area contributed by atoms with E-state index in [4.69, 9.17) is 5.73 Å². The number of nitrogens with zero attached hydrogens (tertiary/aromatic N) is 2. The molecule has 2 aliphatic rings. The number of anilines is 1. The number of carbonyl (C=O) groups excluding carboxylic acids is 2. The molecule has 2 saturated heterocycles. The van der Waals surface area contributed by atoms with Gasteiger partial charge in [0.2, 0.25) is 11.8 Å². The van der Waals surface area contributed by atoms with Crippen LogP contribution in [0.2, 0.25) is 0 Å². The second kappa shape index (κ2) is 8.19. The summed E-state index contributed by atoms with van der Waals surface area (Å²) in [4.78, 5) is 30.2. The van der Waals surface area contributed by atoms with Crippen molar-refractivity contribution >= 4 is 41.7 Å². The lowest BCUT2D eigenvalue weighted by Gasteiger charge is -2.43. The molecular formula is C19H28ClN3O2S. The van der Waals surface area contributed by atoms with Crippen LogP contribution >= 0.6 is 24.2 Å². The van der Waals surface area contributed by atoms with E-state index in [0.717, 1.165) is 17.0 Å². The summed E-state index contributed by atoms with van der Waals surface area (Å²) in [6, 6.07) is 8.06. The number of rotatable bonds is 3. The van der Waals surface area contributed by atoms with Crippen molar-refractivity contribution < 1.29 is 9.59 Å². The predicted molar refractivity (Wildman–Crippen MR) is 109 cm³/mol. The van der Waals surface area contributed by atoms with Crippen LogP contribution in [0, 0.1) is 11.3 Å². The summed E-state index contributed by atoms with van der Waals surface area (Å²) >= 11 is 1.67. The Morgan fingerprint density at radius 2 is 1.92 bits per heavy atom. The van der Waals surface area contributed by atoms with Crippen molar-refractivity contribution in [3.8, 4) is 0 Å². The van der Waals surface area contributed by atoms with Gasteiger partial charge in [0.1, 0.15) is 0 Å². The predicted octanol–water partition coefficient (Wildman–Crippen LogP) is 2.77. The number of amides is 2. The summed E-state index contributed by atoms with van der Waals surface area (Å²) in [6.07, 6.45) is 3.14. The average molecular weight is 398 g/mol. The minimum Gasteiger partial charge on any atom is -0.342 e. The maximum atomic E-state index is 12.9. The van der Waals surface area contributed by atoms with Crippen LogP contribution in [-0.4, -0.2) is 48.6 Å². The van der Waals surface area contributed by atoms with Crippen molar-refractivity contribution in [1.82, 2.24) is 4.90 Å². The number of benzene rings is 1. The van der Waals surface area contributed by atoms with Gasteiger partial charge in [-0.3, -0.25) is 9.59 Å². The lowest BCUT2D eigenvalue weighted by Crippen LogP contribution is -2.55. The Balaban J connectivity index is 0.00000243. The van der Waals surface area contributed by atoms with Crippen LogP contribution in [0.1, 0.15) is 26.7 Å². The molecule has 2 N–H and O–H groups in total. The highest BCUT2D eigenvalue weighted by molar-refractivity contribution is 7.98. The van der Waals surface area contributed by atoms with Crippen LogP contribution in [0.25, 0.3) is 0 Å². The fraction of sp³-hybridized carbons (Fsp3) is 0.579. The van der Waals surface area contributed by atoms with Crippen molar-refractivity contribution in [2.24, 2.45) is 17.1 Å². The SMILES string of the molecule is CSc1ccc(N2CC(C(=O)N3CCC(N)C(C)(C)C3)CC2=O)cc1.Cl. The third-order valence-electron chi connectivity index (χ3n) is 5.48. The number of thioether (sulfide) groups is 1. The summed E-state index contributed by atoms with van der Waals surface area (Å²) in [5.74, 6) is -0.127. The second-order valence-electron chi connectivity index (χ2n) is 7.75. The Labute approximate surface area is 166 Å². The minimum atomic E-state index is -0.252. The molecule has 0 saturated carbocycles. The fourth-order valence-electron chi connectivity index (χ4n) is 3.70. The highest BCUT2D eigenvalue weighted by Crippen LogP contribution is 2.32. The summed E-state index contributed by atoms with van der Waals surface area (Å²) in [5.41, 5.74) is 6.96. The van der Waals surface area contributed by atoms with Gasteiger partial charge in [-0.1, -0.05) is 13.8 Å². The fourth-order valence-corrected chi connectivity index (χ4v) is 4.11. The van der Waals surface area contributed by atoms with Gasteiger partial charge in [-0.15, -0.1) is 24.2 Å². The molecule has 26 heavy (non-hydrogen) atoms. The number of halogens is 1. The monoisotopic (exact) mass is 397 g/mol. The third-order valence-corrected chi connectivity index (χ3v) is 6.23. The second-order valence-corrected chi connectivity index (χ2v) is 8.63. The number of nitrogens with two attached hydrogens (primary N) is 1. The van der Waals surface area contributed by atoms with Crippen LogP contribution in [-0.2, 0) is 9.59 Å². The van der Waals surface area contributed by atoms with E-state index in [2.05, 4.69) is 13.8 Å². The zero-order valence-corrected chi connectivity index (χ0v) is 17.2. The standard InChI is InChI=1S/C19H27N3O2S.ClH/c1-19(2)12-21(9-8-16(19)20)18(24)13-10-17(23)22(11-13)14-4-6-15(25-3)7-5-14;/h4-7,13,16H,8-12,20H2,1-3H3;1H. The Morgan fingerprint density at radius 3 is 2.50 bits per heavy atom. The molecule has 2 atom stereocenters. The molecule has 2 unspecified atom stereocenters. The molecule has 2 aliphatic heterocycles. The van der Waals surface area contributed by atoms with Crippen molar-refractivity contribution in [2.45, 2.75) is 37.6 Å². The van der Waals surface area contributed by atoms with E-state index in [1.54, 1.807) is 16.7 Å². The van der Waals surface area contributed by atoms with Crippen molar-refractivity contribution in [1.29, 1.82) is 0 Å². The van der Waals surface area contributed by atoms with Crippen molar-refractivity contribution in [3.05, 3.63) is 24.3 Å². The summed E-state index contributed by atoms with van der Waals surface area (Å²) in [6.45, 7) is 6.04. The molecule has 0 aliphatic carbocycles. The Kier molecular flexibility index (Phi) is 6.64. The topological polar surface area (TPSA) is 66.6 Å². The number of likely N-dealkylation sites (tertiary alicyclic amines) is 1. The van der Waals surface area contributed by atoms with Gasteiger partial charge in [-0.2, -0.15) is 0 Å². The van der Waals surface area contributed by atoms with E-state index in [-0.39, 0.29) is 41.6 Å². The first-order valence-electron chi connectivity index (χ1n) is 8.80. The van der Waals surface area contributed by atoms with Gasteiger partial charge in [0.05, 0.1) is 5.92 Å². The first-order chi connectivity index (χ1) is 11.8. The Morgan fingerprint density at radius 1 is 1.27 bits per heavy atom. The number of piperidine rings is 1. The Bertz CT molecular complexity index is 665. The molecule has 0 spiro atoms. The van der Waals surface area contributed by atoms with Crippen molar-refractivity contribution in [2.75, 3.05) is 30.8 Å². The van der Waals surface area contributed by atoms with Crippen LogP contribution in [0.4, 0.5) is 5.69 Å². The third kappa shape index (κ3) is 4.18. The quantitative estimate of drug-likeness (QED) is 0.796. The van der Waals surface area contributed by atoms with Gasteiger partial charge in [0.15, 0.2) is 0 Å². The largest absolute Gasteiger partial charge is 0.342 e. The molecule has 2 heterocycles. The molecule has 7 heteroatoms. The van der Waals surface area contributed by atoms with Gasteiger partial charge in [-0.25, -0.2) is 0 Å². The lowest BCUT2D eigenvalue weighted by atomic mass is 9.79. The van der Waals surface area contributed by atoms with Gasteiger partial charge in [0, 0.05) is 42.7 Å². The summed E-state index contributed by atoms with van der Waals surface area (Å²) in [5, 5.41) is 0. The van der Waals surface area contributed by atoms with Crippen LogP contribution < -0.4 is 10.6 Å². The summed E-state index contributed by atoms with van der Waals surface area (Å²) < 4.78 is 0. The number of hydrogen-bond acceptors (Lipinski definition) is 4. The van der Waals surface area contributed by atoms with E-state index in [1.165, 1.54) is 0 Å². The first kappa shape index (κ1) is 21.1. The van der Waals surface area contributed by atoms with Crippen LogP contribution in [0.3, 0.4) is 0 Å². The molecule has 0 radical (unpaired) electrons. The molecule has 1 aromatic rings. The molecule has 3 rings (SSSR count). The maximum absolute atomic E-state index is 12.9. The van der Waals surface area contributed by atoms with Crippen LogP contribution in [0.15, 0.2) is 29.2 Å². The molecule has 0 aromatic heterocycles. The smallest absolute Gasteiger partial charge is 0.228 e. The molecule has 5 nitrogen and oxygen atoms in total. The molecule has 1 aromatic carbocycles. The molecule has 2 fully saturated rings.